The molecule has 0 spiro atoms. The van der Waals surface area contributed by atoms with E-state index in [4.69, 9.17) is 10.2 Å². The fourth-order valence-corrected chi connectivity index (χ4v) is 0.619. The second-order valence-corrected chi connectivity index (χ2v) is 2.03. The normalized spacial score (nSPS) is 14.2. The van der Waals surface area contributed by atoms with E-state index in [9.17, 15) is 0 Å². The van der Waals surface area contributed by atoms with E-state index in [2.05, 4.69) is 4.43 Å². The van der Waals surface area contributed by atoms with Crippen molar-refractivity contribution in [2.24, 2.45) is 0 Å². The first-order valence-corrected chi connectivity index (χ1v) is 3.44. The van der Waals surface area contributed by atoms with Crippen LogP contribution < -0.4 is 0 Å². The Labute approximate surface area is 51.8 Å². The topological polar surface area (TPSA) is 49.7 Å². The van der Waals surface area contributed by atoms with Gasteiger partial charge in [0.05, 0.1) is 0 Å². The summed E-state index contributed by atoms with van der Waals surface area (Å²) in [5.41, 5.74) is 0. The summed E-state index contributed by atoms with van der Waals surface area (Å²) in [6.45, 7) is 0.127. The summed E-state index contributed by atoms with van der Waals surface area (Å²) in [6, 6.07) is 0. The Morgan fingerprint density at radius 1 is 1.62 bits per heavy atom. The molecule has 0 fully saturated rings. The van der Waals surface area contributed by atoms with E-state index in [0.717, 1.165) is 0 Å². The minimum absolute atomic E-state index is 0.127. The average molecular weight is 136 g/mol. The summed E-state index contributed by atoms with van der Waals surface area (Å²) in [4.78, 5) is 0. The number of rotatable bonds is 4. The summed E-state index contributed by atoms with van der Waals surface area (Å²) in [7, 11) is 0.558. The van der Waals surface area contributed by atoms with Gasteiger partial charge in [0, 0.05) is 6.61 Å². The van der Waals surface area contributed by atoms with Crippen LogP contribution in [0.25, 0.3) is 0 Å². The van der Waals surface area contributed by atoms with E-state index in [1.807, 2.05) is 0 Å². The molecule has 8 heavy (non-hydrogen) atoms. The minimum Gasteiger partial charge on any atom is -0.404 e. The monoisotopic (exact) mass is 136 g/mol. The Bertz CT molecular complexity index is 50.5. The molecule has 3 nitrogen and oxygen atoms in total. The zero-order chi connectivity index (χ0) is 6.41. The highest BCUT2D eigenvalue weighted by molar-refractivity contribution is 5.98. The van der Waals surface area contributed by atoms with Gasteiger partial charge in [-0.05, 0) is 12.8 Å². The number of hydrogen-bond acceptors (Lipinski definition) is 3. The fourth-order valence-electron chi connectivity index (χ4n) is 0.384. The number of hydrogen-bond donors (Lipinski definition) is 2. The van der Waals surface area contributed by atoms with Gasteiger partial charge in [-0.15, -0.1) is 0 Å². The molecule has 0 radical (unpaired) electrons. The van der Waals surface area contributed by atoms with Gasteiger partial charge < -0.3 is 14.6 Å². The minimum atomic E-state index is -0.645. The number of aliphatic hydroxyl groups excluding tert-OH is 2. The van der Waals surface area contributed by atoms with Crippen molar-refractivity contribution in [2.45, 2.75) is 19.1 Å². The van der Waals surface area contributed by atoms with Crippen LogP contribution in [-0.2, 0) is 4.43 Å². The SMILES string of the molecule is OCCCC(O)O[SiH3]. The van der Waals surface area contributed by atoms with Gasteiger partial charge in [-0.25, -0.2) is 0 Å². The van der Waals surface area contributed by atoms with E-state index in [1.165, 1.54) is 0 Å². The highest BCUT2D eigenvalue weighted by Crippen LogP contribution is 1.94. The van der Waals surface area contributed by atoms with Crippen molar-refractivity contribution in [3.8, 4) is 0 Å². The van der Waals surface area contributed by atoms with Crippen LogP contribution >= 0.6 is 0 Å². The van der Waals surface area contributed by atoms with E-state index in [0.29, 0.717) is 23.3 Å². The maximum atomic E-state index is 8.69. The molecule has 0 saturated heterocycles. The van der Waals surface area contributed by atoms with Crippen molar-refractivity contribution in [3.63, 3.8) is 0 Å². The molecule has 0 aromatic carbocycles. The molecule has 50 valence electrons. The van der Waals surface area contributed by atoms with Gasteiger partial charge in [-0.3, -0.25) is 0 Å². The van der Waals surface area contributed by atoms with Crippen molar-refractivity contribution in [1.29, 1.82) is 0 Å². The third-order valence-electron chi connectivity index (χ3n) is 0.881. The molecule has 1 atom stereocenters. The summed E-state index contributed by atoms with van der Waals surface area (Å²) in [5.74, 6) is 0. The van der Waals surface area contributed by atoms with Crippen LogP contribution in [0.2, 0.25) is 0 Å². The van der Waals surface area contributed by atoms with Crippen LogP contribution in [0.15, 0.2) is 0 Å². The Morgan fingerprint density at radius 3 is 2.62 bits per heavy atom. The van der Waals surface area contributed by atoms with Crippen LogP contribution in [0.3, 0.4) is 0 Å². The largest absolute Gasteiger partial charge is 0.404 e. The van der Waals surface area contributed by atoms with Gasteiger partial charge in [0.15, 0.2) is 0 Å². The maximum Gasteiger partial charge on any atom is 0.149 e. The average Bonchev–Trinajstić information content (AvgIpc) is 1.83. The standard InChI is InChI=1S/C4H12O3Si/c5-3-1-2-4(6)7-8/h4-6H,1-3H2,8H3. The van der Waals surface area contributed by atoms with E-state index in [1.54, 1.807) is 0 Å². The lowest BCUT2D eigenvalue weighted by Gasteiger charge is -2.05. The van der Waals surface area contributed by atoms with Crippen molar-refractivity contribution in [3.05, 3.63) is 0 Å². The molecule has 0 aromatic heterocycles. The Kier molecular flexibility index (Phi) is 5.30. The van der Waals surface area contributed by atoms with Gasteiger partial charge >= 0.3 is 0 Å². The number of aliphatic hydroxyl groups is 2. The molecule has 4 heteroatoms. The van der Waals surface area contributed by atoms with Crippen LogP contribution in [-0.4, -0.2) is 33.6 Å². The molecule has 0 bridgehead atoms. The van der Waals surface area contributed by atoms with Crippen molar-refractivity contribution in [1.82, 2.24) is 0 Å². The predicted octanol–water partition coefficient (Wildman–Crippen LogP) is -1.63. The van der Waals surface area contributed by atoms with Gasteiger partial charge in [0.1, 0.15) is 16.8 Å². The molecule has 1 unspecified atom stereocenters. The highest BCUT2D eigenvalue weighted by Gasteiger charge is 1.96. The molecule has 0 heterocycles. The maximum absolute atomic E-state index is 8.69. The predicted molar refractivity (Wildman–Crippen MR) is 33.4 cm³/mol. The van der Waals surface area contributed by atoms with Crippen LogP contribution in [0.5, 0.6) is 0 Å². The fraction of sp³-hybridized carbons (Fsp3) is 1.00. The van der Waals surface area contributed by atoms with E-state index >= 15 is 0 Å². The first kappa shape index (κ1) is 8.10. The summed E-state index contributed by atoms with van der Waals surface area (Å²) in [6.07, 6.45) is 0.512. The Morgan fingerprint density at radius 2 is 2.25 bits per heavy atom. The van der Waals surface area contributed by atoms with Crippen LogP contribution in [0, 0.1) is 0 Å². The first-order chi connectivity index (χ1) is 3.81. The van der Waals surface area contributed by atoms with E-state index in [-0.39, 0.29) is 6.61 Å². The van der Waals surface area contributed by atoms with Crippen LogP contribution in [0.4, 0.5) is 0 Å². The third kappa shape index (κ3) is 4.26. The zero-order valence-corrected chi connectivity index (χ0v) is 7.00. The highest BCUT2D eigenvalue weighted by atomic mass is 28.2. The molecule has 0 aliphatic rings. The molecule has 0 aliphatic carbocycles. The Hall–Kier alpha value is 0.0969. The lowest BCUT2D eigenvalue weighted by atomic mass is 10.3. The first-order valence-electron chi connectivity index (χ1n) is 2.63. The van der Waals surface area contributed by atoms with Crippen molar-refractivity contribution in [2.75, 3.05) is 6.61 Å². The molecule has 0 amide bonds. The van der Waals surface area contributed by atoms with E-state index < -0.39 is 6.29 Å². The lowest BCUT2D eigenvalue weighted by molar-refractivity contribution is -0.0212. The summed E-state index contributed by atoms with van der Waals surface area (Å²) >= 11 is 0. The van der Waals surface area contributed by atoms with Gasteiger partial charge in [0.25, 0.3) is 0 Å². The zero-order valence-electron chi connectivity index (χ0n) is 5.00. The molecule has 0 saturated carbocycles. The lowest BCUT2D eigenvalue weighted by Crippen LogP contribution is -2.09. The molecule has 0 rings (SSSR count). The van der Waals surface area contributed by atoms with Crippen molar-refractivity contribution >= 4 is 10.5 Å². The Balaban J connectivity index is 2.86. The molecular weight excluding hydrogens is 124 g/mol. The third-order valence-corrected chi connectivity index (χ3v) is 1.43. The van der Waals surface area contributed by atoms with Gasteiger partial charge in [0.2, 0.25) is 0 Å². The summed E-state index contributed by atoms with van der Waals surface area (Å²) in [5, 5.41) is 16.9. The molecule has 2 N–H and O–H groups in total. The van der Waals surface area contributed by atoms with Crippen molar-refractivity contribution < 1.29 is 14.6 Å². The van der Waals surface area contributed by atoms with Gasteiger partial charge in [-0.2, -0.15) is 0 Å². The quantitative estimate of drug-likeness (QED) is 0.360. The molecular formula is C4H12O3Si. The second kappa shape index (κ2) is 5.24. The summed E-state index contributed by atoms with van der Waals surface area (Å²) < 4.78 is 4.64. The molecule has 0 aliphatic heterocycles. The smallest absolute Gasteiger partial charge is 0.149 e. The molecule has 0 aromatic rings. The van der Waals surface area contributed by atoms with Crippen LogP contribution in [0.1, 0.15) is 12.8 Å². The second-order valence-electron chi connectivity index (χ2n) is 1.56. The van der Waals surface area contributed by atoms with Gasteiger partial charge in [-0.1, -0.05) is 0 Å².